The zero-order valence-electron chi connectivity index (χ0n) is 6.74. The van der Waals surface area contributed by atoms with Gasteiger partial charge in [-0.05, 0) is 30.3 Å². The van der Waals surface area contributed by atoms with Crippen molar-refractivity contribution >= 4 is 11.8 Å². The maximum Gasteiger partial charge on any atom is -0.00626 e. The number of hydrogen-bond acceptors (Lipinski definition) is 1. The lowest BCUT2D eigenvalue weighted by molar-refractivity contribution is 0.401. The SMILES string of the molecule is [CH2]CSCCC(C)(C)C. The van der Waals surface area contributed by atoms with Crippen molar-refractivity contribution in [3.8, 4) is 0 Å². The third kappa shape index (κ3) is 8.35. The zero-order valence-corrected chi connectivity index (χ0v) is 7.55. The van der Waals surface area contributed by atoms with Gasteiger partial charge in [0.1, 0.15) is 0 Å². The molecule has 0 heterocycles. The monoisotopic (exact) mass is 145 g/mol. The maximum atomic E-state index is 3.77. The molecule has 0 saturated carbocycles. The molecule has 0 amide bonds. The molecule has 0 rings (SSSR count). The molecule has 0 aliphatic heterocycles. The van der Waals surface area contributed by atoms with Gasteiger partial charge in [0, 0.05) is 0 Å². The van der Waals surface area contributed by atoms with Crippen LogP contribution < -0.4 is 0 Å². The van der Waals surface area contributed by atoms with E-state index in [4.69, 9.17) is 0 Å². The first-order chi connectivity index (χ1) is 4.06. The van der Waals surface area contributed by atoms with E-state index in [1.807, 2.05) is 11.8 Å². The van der Waals surface area contributed by atoms with E-state index < -0.39 is 0 Å². The average Bonchev–Trinajstić information content (AvgIpc) is 1.63. The number of rotatable bonds is 3. The summed E-state index contributed by atoms with van der Waals surface area (Å²) in [6.07, 6.45) is 1.30. The van der Waals surface area contributed by atoms with E-state index in [1.165, 1.54) is 12.2 Å². The van der Waals surface area contributed by atoms with Gasteiger partial charge in [-0.1, -0.05) is 20.8 Å². The van der Waals surface area contributed by atoms with Gasteiger partial charge >= 0.3 is 0 Å². The Hall–Kier alpha value is 0.350. The zero-order chi connectivity index (χ0) is 7.33. The predicted molar refractivity (Wildman–Crippen MR) is 46.8 cm³/mol. The van der Waals surface area contributed by atoms with E-state index in [0.29, 0.717) is 5.41 Å². The van der Waals surface area contributed by atoms with Crippen molar-refractivity contribution in [3.05, 3.63) is 6.92 Å². The van der Waals surface area contributed by atoms with Crippen molar-refractivity contribution in [2.45, 2.75) is 27.2 Å². The lowest BCUT2D eigenvalue weighted by Gasteiger charge is -2.16. The molecule has 0 fully saturated rings. The second-order valence-corrected chi connectivity index (χ2v) is 4.65. The highest BCUT2D eigenvalue weighted by atomic mass is 32.2. The van der Waals surface area contributed by atoms with Crippen molar-refractivity contribution < 1.29 is 0 Å². The predicted octanol–water partition coefficient (Wildman–Crippen LogP) is 2.99. The van der Waals surface area contributed by atoms with Crippen LogP contribution in [0.1, 0.15) is 27.2 Å². The molecule has 0 spiro atoms. The van der Waals surface area contributed by atoms with Crippen molar-refractivity contribution in [1.29, 1.82) is 0 Å². The van der Waals surface area contributed by atoms with Crippen LogP contribution in [0.3, 0.4) is 0 Å². The first kappa shape index (κ1) is 9.35. The molecule has 0 aromatic carbocycles. The van der Waals surface area contributed by atoms with Gasteiger partial charge in [-0.3, -0.25) is 0 Å². The molecule has 0 unspecified atom stereocenters. The van der Waals surface area contributed by atoms with Gasteiger partial charge in [0.05, 0.1) is 0 Å². The second-order valence-electron chi connectivity index (χ2n) is 3.42. The molecule has 0 saturated heterocycles. The topological polar surface area (TPSA) is 0 Å². The highest BCUT2D eigenvalue weighted by Gasteiger charge is 2.08. The quantitative estimate of drug-likeness (QED) is 0.550. The molecular weight excluding hydrogens is 128 g/mol. The van der Waals surface area contributed by atoms with E-state index in [9.17, 15) is 0 Å². The number of hydrogen-bond donors (Lipinski definition) is 0. The van der Waals surface area contributed by atoms with E-state index in [2.05, 4.69) is 27.7 Å². The molecule has 0 aromatic heterocycles. The van der Waals surface area contributed by atoms with Crippen LogP contribution in [0.4, 0.5) is 0 Å². The van der Waals surface area contributed by atoms with E-state index in [-0.39, 0.29) is 0 Å². The summed E-state index contributed by atoms with van der Waals surface area (Å²) in [5.74, 6) is 2.27. The largest absolute Gasteiger partial charge is 0.162 e. The summed E-state index contributed by atoms with van der Waals surface area (Å²) < 4.78 is 0. The fourth-order valence-corrected chi connectivity index (χ4v) is 1.44. The van der Waals surface area contributed by atoms with E-state index in [0.717, 1.165) is 5.75 Å². The Bertz CT molecular complexity index is 61.5. The maximum absolute atomic E-state index is 3.77. The molecule has 55 valence electrons. The van der Waals surface area contributed by atoms with Gasteiger partial charge in [-0.2, -0.15) is 11.8 Å². The standard InChI is InChI=1S/C8H17S/c1-5-9-7-6-8(2,3)4/h1,5-7H2,2-4H3. The lowest BCUT2D eigenvalue weighted by Crippen LogP contribution is -2.05. The van der Waals surface area contributed by atoms with Gasteiger partial charge in [-0.25, -0.2) is 0 Å². The second kappa shape index (κ2) is 4.21. The van der Waals surface area contributed by atoms with Crippen LogP contribution in [0.5, 0.6) is 0 Å². The summed E-state index contributed by atoms with van der Waals surface area (Å²) >= 11 is 1.92. The van der Waals surface area contributed by atoms with Gasteiger partial charge in [0.2, 0.25) is 0 Å². The summed E-state index contributed by atoms with van der Waals surface area (Å²) in [6, 6.07) is 0. The minimum atomic E-state index is 0.502. The Balaban J connectivity index is 3.07. The molecule has 1 heteroatoms. The Kier molecular flexibility index (Phi) is 4.37. The molecule has 9 heavy (non-hydrogen) atoms. The third-order valence-corrected chi connectivity index (χ3v) is 1.92. The highest BCUT2D eigenvalue weighted by molar-refractivity contribution is 7.99. The smallest absolute Gasteiger partial charge is 0.00626 e. The van der Waals surface area contributed by atoms with Gasteiger partial charge in [0.25, 0.3) is 0 Å². The van der Waals surface area contributed by atoms with E-state index >= 15 is 0 Å². The summed E-state index contributed by atoms with van der Waals surface area (Å²) in [5, 5.41) is 0. The summed E-state index contributed by atoms with van der Waals surface area (Å²) in [4.78, 5) is 0. The first-order valence-corrected chi connectivity index (χ1v) is 4.59. The van der Waals surface area contributed by atoms with Gasteiger partial charge in [0.15, 0.2) is 0 Å². The van der Waals surface area contributed by atoms with Crippen LogP contribution in [0.25, 0.3) is 0 Å². The molecule has 0 N–H and O–H groups in total. The molecule has 0 atom stereocenters. The summed E-state index contributed by atoms with van der Waals surface area (Å²) in [7, 11) is 0. The fraction of sp³-hybridized carbons (Fsp3) is 0.875. The van der Waals surface area contributed by atoms with Crippen LogP contribution >= 0.6 is 11.8 Å². The third-order valence-electron chi connectivity index (χ3n) is 1.14. The minimum absolute atomic E-state index is 0.502. The van der Waals surface area contributed by atoms with Crippen LogP contribution in [-0.2, 0) is 0 Å². The summed E-state index contributed by atoms with van der Waals surface area (Å²) in [6.45, 7) is 10.6. The molecule has 0 aromatic rings. The van der Waals surface area contributed by atoms with Crippen LogP contribution in [-0.4, -0.2) is 11.5 Å². The minimum Gasteiger partial charge on any atom is -0.162 e. The van der Waals surface area contributed by atoms with Gasteiger partial charge in [-0.15, -0.1) is 0 Å². The Morgan fingerprint density at radius 3 is 2.22 bits per heavy atom. The first-order valence-electron chi connectivity index (χ1n) is 3.43. The van der Waals surface area contributed by atoms with Crippen molar-refractivity contribution in [1.82, 2.24) is 0 Å². The van der Waals surface area contributed by atoms with E-state index in [1.54, 1.807) is 0 Å². The Morgan fingerprint density at radius 2 is 1.89 bits per heavy atom. The van der Waals surface area contributed by atoms with Crippen molar-refractivity contribution in [2.24, 2.45) is 5.41 Å². The molecule has 1 radical (unpaired) electrons. The molecule has 0 aliphatic rings. The lowest BCUT2D eigenvalue weighted by atomic mass is 9.94. The van der Waals surface area contributed by atoms with Gasteiger partial charge < -0.3 is 0 Å². The fourth-order valence-electron chi connectivity index (χ4n) is 0.480. The molecule has 0 bridgehead atoms. The van der Waals surface area contributed by atoms with Crippen LogP contribution in [0.15, 0.2) is 0 Å². The molecule has 0 nitrogen and oxygen atoms in total. The molecule has 0 aliphatic carbocycles. The van der Waals surface area contributed by atoms with Crippen LogP contribution in [0, 0.1) is 12.3 Å². The Morgan fingerprint density at radius 1 is 1.33 bits per heavy atom. The summed E-state index contributed by atoms with van der Waals surface area (Å²) in [5.41, 5.74) is 0.502. The number of thioether (sulfide) groups is 1. The molecular formula is C8H17S. The van der Waals surface area contributed by atoms with Crippen molar-refractivity contribution in [2.75, 3.05) is 11.5 Å². The average molecular weight is 145 g/mol. The highest BCUT2D eigenvalue weighted by Crippen LogP contribution is 2.20. The van der Waals surface area contributed by atoms with Crippen molar-refractivity contribution in [3.63, 3.8) is 0 Å². The Labute approximate surface area is 63.4 Å². The normalized spacial score (nSPS) is 12.0. The van der Waals surface area contributed by atoms with Crippen LogP contribution in [0.2, 0.25) is 0 Å².